The van der Waals surface area contributed by atoms with Crippen LogP contribution in [-0.2, 0) is 9.59 Å². The first kappa shape index (κ1) is 23.2. The number of fused-ring (bicyclic) bond motifs is 1. The van der Waals surface area contributed by atoms with Gasteiger partial charge in [0, 0.05) is 30.4 Å². The molecule has 4 amide bonds. The highest BCUT2D eigenvalue weighted by molar-refractivity contribution is 6.20. The normalized spacial score (nSPS) is 19.6. The van der Waals surface area contributed by atoms with Crippen LogP contribution >= 0.6 is 0 Å². The van der Waals surface area contributed by atoms with Crippen molar-refractivity contribution in [2.75, 3.05) is 22.9 Å². The number of aromatic nitrogens is 1. The molecule has 0 unspecified atom stereocenters. The van der Waals surface area contributed by atoms with E-state index in [-0.39, 0.29) is 18.7 Å². The molecule has 2 aromatic carbocycles. The molecule has 0 bridgehead atoms. The number of benzene rings is 2. The molecule has 0 N–H and O–H groups in total. The molecule has 0 aliphatic carbocycles. The highest BCUT2D eigenvalue weighted by Gasteiger charge is 2.56. The highest BCUT2D eigenvalue weighted by atomic mass is 19.1. The van der Waals surface area contributed by atoms with Gasteiger partial charge in [0.15, 0.2) is 11.6 Å². The van der Waals surface area contributed by atoms with Crippen molar-refractivity contribution in [3.63, 3.8) is 0 Å². The van der Waals surface area contributed by atoms with Crippen molar-refractivity contribution >= 4 is 29.2 Å². The van der Waals surface area contributed by atoms with Gasteiger partial charge in [0.25, 0.3) is 5.91 Å². The van der Waals surface area contributed by atoms with Crippen LogP contribution in [0.4, 0.5) is 25.0 Å². The monoisotopic (exact) mass is 486 g/mol. The molecular formula is C27H20F2N4O3. The first-order valence-electron chi connectivity index (χ1n) is 11.2. The van der Waals surface area contributed by atoms with E-state index in [1.54, 1.807) is 42.6 Å². The number of urea groups is 1. The standard InChI is InChI=1S/C27H20F2N4O3/c1-27-16-23(34)33(26(36)32(27)13-12-31(25(27)35)20-8-5-11-30-17-20)24-21(28)14-19(15-22(24)29)10-9-18-6-3-2-4-7-18/h2-8,11,14-15,17H,12-13,16H2,1H3/t27-/m0/s1. The van der Waals surface area contributed by atoms with Crippen LogP contribution in [-0.4, -0.2) is 46.4 Å². The van der Waals surface area contributed by atoms with E-state index < -0.39 is 47.1 Å². The summed E-state index contributed by atoms with van der Waals surface area (Å²) < 4.78 is 30.2. The zero-order chi connectivity index (χ0) is 25.4. The second-order valence-electron chi connectivity index (χ2n) is 8.69. The number of halogens is 2. The summed E-state index contributed by atoms with van der Waals surface area (Å²) in [6, 6.07) is 13.3. The predicted molar refractivity (Wildman–Crippen MR) is 128 cm³/mol. The number of nitrogens with zero attached hydrogens (tertiary/aromatic N) is 4. The van der Waals surface area contributed by atoms with Gasteiger partial charge in [-0.2, -0.15) is 0 Å². The van der Waals surface area contributed by atoms with Gasteiger partial charge < -0.3 is 9.80 Å². The molecule has 2 aliphatic rings. The predicted octanol–water partition coefficient (Wildman–Crippen LogP) is 3.72. The minimum Gasteiger partial charge on any atom is -0.307 e. The third-order valence-corrected chi connectivity index (χ3v) is 6.34. The van der Waals surface area contributed by atoms with Crippen molar-refractivity contribution in [2.24, 2.45) is 0 Å². The fourth-order valence-corrected chi connectivity index (χ4v) is 4.53. The largest absolute Gasteiger partial charge is 0.332 e. The molecule has 1 aromatic heterocycles. The van der Waals surface area contributed by atoms with E-state index in [1.807, 2.05) is 6.07 Å². The maximum absolute atomic E-state index is 15.1. The number of imide groups is 1. The molecule has 180 valence electrons. The van der Waals surface area contributed by atoms with Crippen LogP contribution in [0.3, 0.4) is 0 Å². The van der Waals surface area contributed by atoms with Crippen molar-refractivity contribution in [1.29, 1.82) is 0 Å². The molecule has 1 atom stereocenters. The van der Waals surface area contributed by atoms with Gasteiger partial charge in [0.2, 0.25) is 5.91 Å². The number of carbonyl (C=O) groups is 3. The third kappa shape index (κ3) is 3.86. The van der Waals surface area contributed by atoms with Gasteiger partial charge in [-0.15, -0.1) is 0 Å². The van der Waals surface area contributed by atoms with E-state index in [9.17, 15) is 14.4 Å². The van der Waals surface area contributed by atoms with Crippen molar-refractivity contribution in [2.45, 2.75) is 18.9 Å². The Hall–Kier alpha value is -4.58. The number of anilines is 2. The summed E-state index contributed by atoms with van der Waals surface area (Å²) in [5.41, 5.74) is -1.01. The molecular weight excluding hydrogens is 466 g/mol. The quantitative estimate of drug-likeness (QED) is 0.518. The molecule has 2 aliphatic heterocycles. The summed E-state index contributed by atoms with van der Waals surface area (Å²) in [5.74, 6) is 1.96. The summed E-state index contributed by atoms with van der Waals surface area (Å²) in [4.78, 5) is 46.9. The van der Waals surface area contributed by atoms with Crippen LogP contribution in [0.5, 0.6) is 0 Å². The van der Waals surface area contributed by atoms with Gasteiger partial charge in [0.1, 0.15) is 11.2 Å². The lowest BCUT2D eigenvalue weighted by Gasteiger charge is -2.51. The van der Waals surface area contributed by atoms with Crippen molar-refractivity contribution in [3.05, 3.63) is 89.8 Å². The van der Waals surface area contributed by atoms with Crippen LogP contribution in [0.2, 0.25) is 0 Å². The summed E-state index contributed by atoms with van der Waals surface area (Å²) in [5, 5.41) is 0. The Balaban J connectivity index is 1.45. The fraction of sp³-hybridized carbons (Fsp3) is 0.185. The topological polar surface area (TPSA) is 73.8 Å². The van der Waals surface area contributed by atoms with E-state index in [0.717, 1.165) is 12.1 Å². The van der Waals surface area contributed by atoms with Crippen molar-refractivity contribution in [1.82, 2.24) is 9.88 Å². The number of pyridine rings is 1. The Morgan fingerprint density at radius 2 is 1.61 bits per heavy atom. The average Bonchev–Trinajstić information content (AvgIpc) is 2.86. The SMILES string of the molecule is C[C@@]12CC(=O)N(c3c(F)cc(C#Cc4ccccc4)cc3F)C(=O)N1CCN(c1cccnc1)C2=O. The average molecular weight is 486 g/mol. The Labute approximate surface area is 205 Å². The number of hydrogen-bond acceptors (Lipinski definition) is 4. The maximum atomic E-state index is 15.1. The Kier molecular flexibility index (Phi) is 5.72. The molecule has 2 saturated heterocycles. The molecule has 2 fully saturated rings. The second kappa shape index (κ2) is 8.89. The van der Waals surface area contributed by atoms with Crippen LogP contribution in [0, 0.1) is 23.5 Å². The Morgan fingerprint density at radius 3 is 2.28 bits per heavy atom. The number of piperazine rings is 1. The molecule has 36 heavy (non-hydrogen) atoms. The molecule has 7 nitrogen and oxygen atoms in total. The minimum atomic E-state index is -1.49. The summed E-state index contributed by atoms with van der Waals surface area (Å²) in [7, 11) is 0. The number of rotatable bonds is 2. The fourth-order valence-electron chi connectivity index (χ4n) is 4.53. The summed E-state index contributed by atoms with van der Waals surface area (Å²) in [6.07, 6.45) is 2.66. The third-order valence-electron chi connectivity index (χ3n) is 6.34. The van der Waals surface area contributed by atoms with Gasteiger partial charge in [-0.05, 0) is 43.3 Å². The molecule has 3 aromatic rings. The van der Waals surface area contributed by atoms with Crippen LogP contribution in [0.1, 0.15) is 24.5 Å². The van der Waals surface area contributed by atoms with Crippen LogP contribution in [0.15, 0.2) is 67.0 Å². The molecule has 0 radical (unpaired) electrons. The molecule has 9 heteroatoms. The first-order valence-corrected chi connectivity index (χ1v) is 11.2. The van der Waals surface area contributed by atoms with E-state index >= 15 is 8.78 Å². The van der Waals surface area contributed by atoms with Crippen LogP contribution in [0.25, 0.3) is 0 Å². The van der Waals surface area contributed by atoms with E-state index in [2.05, 4.69) is 16.8 Å². The van der Waals surface area contributed by atoms with Gasteiger partial charge in [-0.3, -0.25) is 14.6 Å². The minimum absolute atomic E-state index is 0.0552. The zero-order valence-corrected chi connectivity index (χ0v) is 19.2. The lowest BCUT2D eigenvalue weighted by atomic mass is 9.88. The summed E-state index contributed by atoms with van der Waals surface area (Å²) in [6.45, 7) is 1.70. The van der Waals surface area contributed by atoms with E-state index in [4.69, 9.17) is 0 Å². The number of carbonyl (C=O) groups excluding carboxylic acids is 3. The second-order valence-corrected chi connectivity index (χ2v) is 8.69. The zero-order valence-electron chi connectivity index (χ0n) is 19.2. The number of amides is 4. The lowest BCUT2D eigenvalue weighted by Crippen LogP contribution is -2.73. The van der Waals surface area contributed by atoms with Gasteiger partial charge in [-0.1, -0.05) is 30.0 Å². The van der Waals surface area contributed by atoms with Gasteiger partial charge in [-0.25, -0.2) is 18.5 Å². The molecule has 3 heterocycles. The first-order chi connectivity index (χ1) is 17.3. The van der Waals surface area contributed by atoms with Gasteiger partial charge >= 0.3 is 6.03 Å². The molecule has 5 rings (SSSR count). The van der Waals surface area contributed by atoms with Crippen molar-refractivity contribution in [3.8, 4) is 11.8 Å². The summed E-state index contributed by atoms with van der Waals surface area (Å²) >= 11 is 0. The Morgan fingerprint density at radius 1 is 0.917 bits per heavy atom. The molecule has 0 spiro atoms. The Bertz CT molecular complexity index is 1410. The lowest BCUT2D eigenvalue weighted by molar-refractivity contribution is -0.137. The van der Waals surface area contributed by atoms with Crippen LogP contribution < -0.4 is 9.80 Å². The van der Waals surface area contributed by atoms with Crippen molar-refractivity contribution < 1.29 is 23.2 Å². The smallest absolute Gasteiger partial charge is 0.307 e. The van der Waals surface area contributed by atoms with E-state index in [0.29, 0.717) is 16.2 Å². The molecule has 0 saturated carbocycles. The highest BCUT2D eigenvalue weighted by Crippen LogP contribution is 2.37. The van der Waals surface area contributed by atoms with E-state index in [1.165, 1.54) is 22.9 Å². The maximum Gasteiger partial charge on any atom is 0.332 e. The van der Waals surface area contributed by atoms with Gasteiger partial charge in [0.05, 0.1) is 18.3 Å². The number of hydrogen-bond donors (Lipinski definition) is 0.